The van der Waals surface area contributed by atoms with Crippen molar-refractivity contribution in [1.82, 2.24) is 0 Å². The van der Waals surface area contributed by atoms with Crippen LogP contribution in [0.1, 0.15) is 0 Å². The average Bonchev–Trinajstić information content (AvgIpc) is 2.04. The molecule has 0 aliphatic heterocycles. The quantitative estimate of drug-likeness (QED) is 0.0656. The van der Waals surface area contributed by atoms with Crippen molar-refractivity contribution >= 4 is 43.6 Å². The van der Waals surface area contributed by atoms with E-state index < -0.39 is 43.6 Å². The van der Waals surface area contributed by atoms with Gasteiger partial charge >= 0.3 is 56.5 Å². The smallest absolute Gasteiger partial charge is 0.539 e. The molecule has 9 N–H and O–H groups in total. The van der Waals surface area contributed by atoms with E-state index in [1.807, 2.05) is 0 Å². The summed E-state index contributed by atoms with van der Waals surface area (Å²) >= 11 is 0. The van der Waals surface area contributed by atoms with Crippen LogP contribution in [0.15, 0.2) is 0 Å². The second-order valence-electron chi connectivity index (χ2n) is 2.48. The van der Waals surface area contributed by atoms with E-state index in [1.165, 1.54) is 0 Å². The van der Waals surface area contributed by atoms with E-state index in [2.05, 4.69) is 0 Å². The minimum absolute atomic E-state index is 0. The molecule has 0 bridgehead atoms. The van der Waals surface area contributed by atoms with Crippen molar-refractivity contribution in [3.63, 3.8) is 0 Å². The van der Waals surface area contributed by atoms with Crippen molar-refractivity contribution < 1.29 is 113 Å². The average molecular weight is 496 g/mol. The van der Waals surface area contributed by atoms with Crippen molar-refractivity contribution in [1.29, 1.82) is 0 Å². The van der Waals surface area contributed by atoms with E-state index in [-0.39, 0.29) is 18.9 Å². The second-order valence-corrected chi connectivity index (χ2v) is 6.27. The molecule has 0 aromatic heterocycles. The van der Waals surface area contributed by atoms with Gasteiger partial charge in [0.05, 0.1) is 0 Å². The Morgan fingerprint density at radius 1 is 0.593 bits per heavy atom. The van der Waals surface area contributed by atoms with Crippen LogP contribution in [0.5, 0.6) is 0 Å². The minimum Gasteiger partial charge on any atom is -0.539 e. The molecule has 16 nitrogen and oxygen atoms in total. The Kier molecular flexibility index (Phi) is 27.4. The molecule has 0 fully saturated rings. The van der Waals surface area contributed by atoms with Crippen molar-refractivity contribution in [2.24, 2.45) is 0 Å². The first-order chi connectivity index (χ1) is 10.6. The van der Waals surface area contributed by atoms with Crippen LogP contribution in [0.4, 0.5) is 16.8 Å². The fourth-order valence-corrected chi connectivity index (χ4v) is 0. The maximum Gasteiger partial charge on any atom is 1.00 e. The van der Waals surface area contributed by atoms with Gasteiger partial charge in [0.25, 0.3) is 0 Å². The Balaban J connectivity index is -0.0000000507. The van der Waals surface area contributed by atoms with Gasteiger partial charge in [-0.25, -0.2) is 23.1 Å². The standard InChI is InChI=1S/C2H2O4.4FH2O3P.Li/c3-1(4)2(5)6;4*1-5(2,3)4;/h(H,3,4)(H,5,6);4*(H2,2,3,4);/q;;;;;+1/p-1. The molecule has 27 heavy (non-hydrogen) atoms. The van der Waals surface area contributed by atoms with Gasteiger partial charge in [-0.3, -0.25) is 39.1 Å². The Labute approximate surface area is 157 Å². The van der Waals surface area contributed by atoms with Crippen LogP contribution in [0, 0.1) is 0 Å². The maximum atomic E-state index is 10.4. The van der Waals surface area contributed by atoms with Gasteiger partial charge < -0.3 is 15.0 Å². The number of hydrogen-bond acceptors (Lipinski definition) is 7. The number of hydrogen-bond donors (Lipinski definition) is 9. The number of carboxylic acid groups (broad SMARTS) is 2. The van der Waals surface area contributed by atoms with E-state index in [0.717, 1.165) is 0 Å². The zero-order chi connectivity index (χ0) is 23.2. The van der Waals surface area contributed by atoms with Gasteiger partial charge in [0, 0.05) is 0 Å². The third kappa shape index (κ3) is 989. The monoisotopic (exact) mass is 496 g/mol. The topological polar surface area (TPSA) is 308 Å². The molecular weight excluding hydrogens is 487 g/mol. The molecule has 0 spiro atoms. The zero-order valence-electron chi connectivity index (χ0n) is 12.2. The Bertz CT molecular complexity index is 458. The maximum absolute atomic E-state index is 10.4. The summed E-state index contributed by atoms with van der Waals surface area (Å²) in [5.41, 5.74) is 0. The summed E-state index contributed by atoms with van der Waals surface area (Å²) in [5, 5.41) is 16.3. The van der Waals surface area contributed by atoms with Crippen molar-refractivity contribution in [2.45, 2.75) is 0 Å². The van der Waals surface area contributed by atoms with Gasteiger partial charge in [-0.05, 0) is 0 Å². The van der Waals surface area contributed by atoms with E-state index in [0.29, 0.717) is 0 Å². The predicted octanol–water partition coefficient (Wildman–Crippen LogP) is -4.98. The summed E-state index contributed by atoms with van der Waals surface area (Å²) in [6, 6.07) is 0. The Morgan fingerprint density at radius 3 is 0.630 bits per heavy atom. The first-order valence-electron chi connectivity index (χ1n) is 4.09. The zero-order valence-corrected chi connectivity index (χ0v) is 15.8. The third-order valence-corrected chi connectivity index (χ3v) is 0.175. The summed E-state index contributed by atoms with van der Waals surface area (Å²) in [6.45, 7) is 0. The number of halogens is 4. The van der Waals surface area contributed by atoms with Gasteiger partial charge in [-0.1, -0.05) is 0 Å². The molecule has 0 amide bonds. The van der Waals surface area contributed by atoms with Crippen LogP contribution in [-0.4, -0.2) is 56.2 Å². The van der Waals surface area contributed by atoms with Gasteiger partial charge in [0.1, 0.15) is 0 Å². The van der Waals surface area contributed by atoms with Crippen LogP contribution in [0.25, 0.3) is 0 Å². The van der Waals surface area contributed by atoms with Crippen LogP contribution in [-0.2, 0) is 27.8 Å². The normalized spacial score (nSPS) is 10.4. The van der Waals surface area contributed by atoms with Crippen LogP contribution in [0.2, 0.25) is 0 Å². The summed E-state index contributed by atoms with van der Waals surface area (Å²) in [4.78, 5) is 73.7. The van der Waals surface area contributed by atoms with E-state index in [4.69, 9.17) is 77.2 Å². The number of carbonyl (C=O) groups is 2. The summed E-state index contributed by atoms with van der Waals surface area (Å²) in [6.07, 6.45) is 0. The minimum atomic E-state index is -5.14. The number of aliphatic carboxylic acids is 2. The molecule has 162 valence electrons. The molecule has 0 radical (unpaired) electrons. The molecule has 0 aromatic carbocycles. The fraction of sp³-hybridized carbons (Fsp3) is 0. The van der Waals surface area contributed by atoms with E-state index in [1.54, 1.807) is 0 Å². The van der Waals surface area contributed by atoms with Gasteiger partial charge in [0.15, 0.2) is 5.97 Å². The fourth-order valence-electron chi connectivity index (χ4n) is 0. The van der Waals surface area contributed by atoms with Gasteiger partial charge in [0.2, 0.25) is 0 Å². The first kappa shape index (κ1) is 41.3. The predicted molar refractivity (Wildman–Crippen MR) is 65.3 cm³/mol. The van der Waals surface area contributed by atoms with Crippen molar-refractivity contribution in [2.75, 3.05) is 0 Å². The second kappa shape index (κ2) is 17.9. The summed E-state index contributed by atoms with van der Waals surface area (Å²) in [7, 11) is -20.6. The van der Waals surface area contributed by atoms with Gasteiger partial charge in [-0.15, -0.1) is 16.8 Å². The van der Waals surface area contributed by atoms with E-state index >= 15 is 0 Å². The molecule has 0 aromatic rings. The Hall–Kier alpha value is -0.143. The van der Waals surface area contributed by atoms with Crippen molar-refractivity contribution in [3.05, 3.63) is 0 Å². The van der Waals surface area contributed by atoms with Gasteiger partial charge in [-0.2, -0.15) is 0 Å². The summed E-state index contributed by atoms with van der Waals surface area (Å²) < 4.78 is 76.1. The number of rotatable bonds is 0. The Morgan fingerprint density at radius 2 is 0.630 bits per heavy atom. The van der Waals surface area contributed by atoms with E-state index in [9.17, 15) is 16.8 Å². The number of carbonyl (C=O) groups excluding carboxylic acids is 1. The molecular formula is C2H9F4LiO16P4. The summed E-state index contributed by atoms with van der Waals surface area (Å²) in [5.74, 6) is -4.01. The third-order valence-electron chi connectivity index (χ3n) is 0.175. The SMILES string of the molecule is O=C([O-])C(=O)O.O=P(O)(O)F.O=P(O)(O)F.O=P(O)(O)F.O=P(O)(O)F.[Li+]. The molecule has 0 atom stereocenters. The van der Waals surface area contributed by atoms with Crippen LogP contribution in [0.3, 0.4) is 0 Å². The van der Waals surface area contributed by atoms with Crippen molar-refractivity contribution in [3.8, 4) is 0 Å². The molecule has 25 heteroatoms. The molecule has 0 heterocycles. The van der Waals surface area contributed by atoms with Crippen LogP contribution < -0.4 is 24.0 Å². The molecule has 0 rings (SSSR count). The molecule has 0 aliphatic carbocycles. The molecule has 0 saturated heterocycles. The first-order valence-corrected chi connectivity index (χ1v) is 10.1. The molecule has 0 saturated carbocycles. The number of carboxylic acids is 2. The largest absolute Gasteiger partial charge is 1.00 e. The molecule has 0 aliphatic rings. The molecule has 0 unspecified atom stereocenters. The van der Waals surface area contributed by atoms with Crippen LogP contribution >= 0.6 is 31.6 Å².